The average Bonchev–Trinajstić information content (AvgIpc) is 2.55. The summed E-state index contributed by atoms with van der Waals surface area (Å²) >= 11 is 0. The topological polar surface area (TPSA) is 29.1 Å². The van der Waals surface area contributed by atoms with Crippen molar-refractivity contribution in [1.29, 1.82) is 0 Å². The van der Waals surface area contributed by atoms with Crippen molar-refractivity contribution in [3.05, 3.63) is 29.8 Å². The summed E-state index contributed by atoms with van der Waals surface area (Å²) < 4.78 is 168. The Morgan fingerprint density at radius 1 is 0.690 bits per heavy atom. The van der Waals surface area contributed by atoms with Gasteiger partial charge in [-0.15, -0.1) is 0 Å². The molecule has 0 fully saturated rings. The molecular weight excluding hydrogens is 445 g/mol. The summed E-state index contributed by atoms with van der Waals surface area (Å²) in [5.74, 6) is -41.7. The maximum Gasteiger partial charge on any atom is 0.460 e. The smallest absolute Gasteiger partial charge is 0.320 e. The molecule has 0 bridgehead atoms. The minimum Gasteiger partial charge on any atom is -0.320 e. The first-order valence-electron chi connectivity index (χ1n) is 6.99. The Bertz CT molecular complexity index is 769. The Hall–Kier alpha value is -2.22. The van der Waals surface area contributed by atoms with Gasteiger partial charge in [0, 0.05) is 5.69 Å². The van der Waals surface area contributed by atoms with Gasteiger partial charge in [-0.3, -0.25) is 4.79 Å². The third-order valence-electron chi connectivity index (χ3n) is 3.61. The minimum atomic E-state index is -8.05. The highest BCUT2D eigenvalue weighted by Crippen LogP contribution is 2.60. The second-order valence-corrected chi connectivity index (χ2v) is 5.64. The summed E-state index contributed by atoms with van der Waals surface area (Å²) in [6.45, 7) is 1.11. The molecule has 0 aliphatic carbocycles. The van der Waals surface area contributed by atoms with Crippen LogP contribution in [0.25, 0.3) is 0 Å². The second kappa shape index (κ2) is 6.93. The van der Waals surface area contributed by atoms with Crippen LogP contribution in [0.2, 0.25) is 0 Å². The first-order valence-corrected chi connectivity index (χ1v) is 6.99. The molecule has 1 amide bonds. The molecule has 1 aromatic carbocycles. The van der Waals surface area contributed by atoms with Crippen LogP contribution in [-0.4, -0.2) is 41.7 Å². The zero-order chi connectivity index (χ0) is 23.3. The predicted octanol–water partition coefficient (Wildman–Crippen LogP) is 5.67. The van der Waals surface area contributed by atoms with Crippen molar-refractivity contribution in [2.75, 3.05) is 5.32 Å². The van der Waals surface area contributed by atoms with Crippen LogP contribution >= 0.6 is 0 Å². The number of carbonyl (C=O) groups is 1. The lowest BCUT2D eigenvalue weighted by molar-refractivity contribution is -0.435. The van der Waals surface area contributed by atoms with E-state index < -0.39 is 47.4 Å². The molecule has 1 aromatic rings. The molecule has 29 heavy (non-hydrogen) atoms. The van der Waals surface area contributed by atoms with Crippen molar-refractivity contribution >= 4 is 11.6 Å². The van der Waals surface area contributed by atoms with Crippen LogP contribution in [0.15, 0.2) is 24.3 Å². The normalized spacial score (nSPS) is 14.7. The molecule has 0 atom stereocenters. The maximum atomic E-state index is 13.6. The SMILES string of the molecule is Cc1ccccc1NC(=O)C(F)(F)C(F)(F)C(F)(F)C(F)(F)C(F)(F)C(F)(F)F. The molecule has 0 saturated carbocycles. The van der Waals surface area contributed by atoms with Gasteiger partial charge in [0.2, 0.25) is 0 Å². The fourth-order valence-corrected chi connectivity index (χ4v) is 1.83. The number of carbonyl (C=O) groups excluding carboxylic acids is 1. The first-order chi connectivity index (χ1) is 12.7. The highest BCUT2D eigenvalue weighted by molar-refractivity contribution is 5.97. The van der Waals surface area contributed by atoms with Gasteiger partial charge in [0.1, 0.15) is 0 Å². The van der Waals surface area contributed by atoms with Crippen LogP contribution < -0.4 is 5.32 Å². The van der Waals surface area contributed by atoms with E-state index in [4.69, 9.17) is 0 Å². The highest BCUT2D eigenvalue weighted by Gasteiger charge is 2.91. The van der Waals surface area contributed by atoms with E-state index in [1.165, 1.54) is 6.07 Å². The summed E-state index contributed by atoms with van der Waals surface area (Å²) in [6, 6.07) is 4.21. The lowest BCUT2D eigenvalue weighted by atomic mass is 9.93. The van der Waals surface area contributed by atoms with E-state index in [9.17, 15) is 61.9 Å². The number of hydrogen-bond donors (Lipinski definition) is 1. The molecule has 0 heterocycles. The molecule has 2 nitrogen and oxygen atoms in total. The van der Waals surface area contributed by atoms with E-state index in [1.807, 2.05) is 0 Å². The molecule has 166 valence electrons. The molecule has 0 radical (unpaired) electrons. The van der Waals surface area contributed by atoms with Gasteiger partial charge in [-0.05, 0) is 18.6 Å². The summed E-state index contributed by atoms with van der Waals surface area (Å²) in [5, 5.41) is 0.992. The third kappa shape index (κ3) is 3.58. The molecular formula is C14H8F13NO. The number of nitrogens with one attached hydrogen (secondary N) is 1. The van der Waals surface area contributed by atoms with Crippen LogP contribution in [0, 0.1) is 6.92 Å². The number of aryl methyl sites for hydroxylation is 1. The van der Waals surface area contributed by atoms with Crippen molar-refractivity contribution in [3.63, 3.8) is 0 Å². The van der Waals surface area contributed by atoms with Crippen LogP contribution in [0.4, 0.5) is 62.8 Å². The summed E-state index contributed by atoms with van der Waals surface area (Å²) in [6.07, 6.45) is -7.51. The lowest BCUT2D eigenvalue weighted by Crippen LogP contribution is -2.71. The van der Waals surface area contributed by atoms with Crippen molar-refractivity contribution in [2.45, 2.75) is 42.7 Å². The molecule has 0 aliphatic rings. The molecule has 0 saturated heterocycles. The van der Waals surface area contributed by atoms with Gasteiger partial charge in [-0.25, -0.2) is 0 Å². The highest BCUT2D eigenvalue weighted by atomic mass is 19.4. The van der Waals surface area contributed by atoms with E-state index in [1.54, 1.807) is 0 Å². The minimum absolute atomic E-state index is 0.0966. The van der Waals surface area contributed by atoms with E-state index in [0.29, 0.717) is 0 Å². The average molecular weight is 453 g/mol. The Morgan fingerprint density at radius 3 is 1.52 bits per heavy atom. The molecule has 0 aromatic heterocycles. The van der Waals surface area contributed by atoms with Crippen LogP contribution in [0.1, 0.15) is 5.56 Å². The van der Waals surface area contributed by atoms with Crippen molar-refractivity contribution in [1.82, 2.24) is 0 Å². The quantitative estimate of drug-likeness (QED) is 0.553. The lowest BCUT2D eigenvalue weighted by Gasteiger charge is -2.39. The van der Waals surface area contributed by atoms with Gasteiger partial charge < -0.3 is 5.32 Å². The summed E-state index contributed by atoms with van der Waals surface area (Å²) in [7, 11) is 0. The third-order valence-corrected chi connectivity index (χ3v) is 3.61. The Kier molecular flexibility index (Phi) is 5.93. The number of hydrogen-bond acceptors (Lipinski definition) is 1. The first kappa shape index (κ1) is 24.8. The Labute approximate surface area is 152 Å². The van der Waals surface area contributed by atoms with Crippen molar-refractivity contribution in [2.24, 2.45) is 0 Å². The zero-order valence-electron chi connectivity index (χ0n) is 13.6. The van der Waals surface area contributed by atoms with Gasteiger partial charge in [-0.1, -0.05) is 18.2 Å². The standard InChI is InChI=1S/C14H8F13NO/c1-6-4-2-3-5-7(6)28-8(29)9(15,16)10(17,18)11(19,20)12(21,22)13(23,24)14(25,26)27/h2-5H,1H3,(H,28,29). The van der Waals surface area contributed by atoms with Gasteiger partial charge >= 0.3 is 41.7 Å². The molecule has 0 aliphatic heterocycles. The molecule has 0 unspecified atom stereocenters. The van der Waals surface area contributed by atoms with Crippen molar-refractivity contribution in [3.8, 4) is 0 Å². The van der Waals surface area contributed by atoms with Crippen LogP contribution in [-0.2, 0) is 4.79 Å². The second-order valence-electron chi connectivity index (χ2n) is 5.64. The number of amides is 1. The molecule has 1 rings (SSSR count). The van der Waals surface area contributed by atoms with E-state index in [-0.39, 0.29) is 5.56 Å². The van der Waals surface area contributed by atoms with Gasteiger partial charge in [0.15, 0.2) is 0 Å². The number of anilines is 1. The predicted molar refractivity (Wildman–Crippen MR) is 70.6 cm³/mol. The van der Waals surface area contributed by atoms with E-state index >= 15 is 0 Å². The van der Waals surface area contributed by atoms with Crippen LogP contribution in [0.5, 0.6) is 0 Å². The van der Waals surface area contributed by atoms with Crippen LogP contribution in [0.3, 0.4) is 0 Å². The van der Waals surface area contributed by atoms with Gasteiger partial charge in [0.05, 0.1) is 0 Å². The number of benzene rings is 1. The summed E-state index contributed by atoms with van der Waals surface area (Å²) in [5.41, 5.74) is -0.774. The number of para-hydroxylation sites is 1. The fourth-order valence-electron chi connectivity index (χ4n) is 1.83. The molecule has 0 spiro atoms. The van der Waals surface area contributed by atoms with Gasteiger partial charge in [0.25, 0.3) is 0 Å². The van der Waals surface area contributed by atoms with Crippen molar-refractivity contribution < 1.29 is 61.9 Å². The monoisotopic (exact) mass is 453 g/mol. The maximum absolute atomic E-state index is 13.6. The Morgan fingerprint density at radius 2 is 1.10 bits per heavy atom. The largest absolute Gasteiger partial charge is 0.460 e. The van der Waals surface area contributed by atoms with E-state index in [0.717, 1.165) is 30.4 Å². The molecule has 15 heteroatoms. The summed E-state index contributed by atoms with van der Waals surface area (Å²) in [4.78, 5) is 11.3. The zero-order valence-corrected chi connectivity index (χ0v) is 13.6. The van der Waals surface area contributed by atoms with E-state index in [2.05, 4.69) is 0 Å². The van der Waals surface area contributed by atoms with Gasteiger partial charge in [-0.2, -0.15) is 57.1 Å². The molecule has 1 N–H and O–H groups in total. The fraction of sp³-hybridized carbons (Fsp3) is 0.500. The Balaban J connectivity index is 3.42. The number of halogens is 13. The number of alkyl halides is 13. The number of rotatable bonds is 6.